The maximum atomic E-state index is 13.1. The van der Waals surface area contributed by atoms with Gasteiger partial charge in [0.25, 0.3) is 0 Å². The van der Waals surface area contributed by atoms with E-state index in [-0.39, 0.29) is 23.1 Å². The summed E-state index contributed by atoms with van der Waals surface area (Å²) in [6, 6.07) is 6.98. The number of amides is 2. The van der Waals surface area contributed by atoms with E-state index in [0.717, 1.165) is 4.73 Å². The Balaban J connectivity index is 1.65. The number of halogens is 3. The van der Waals surface area contributed by atoms with Crippen LogP contribution in [0.4, 0.5) is 18.0 Å². The molecule has 2 heterocycles. The summed E-state index contributed by atoms with van der Waals surface area (Å²) < 4.78 is 50.9. The molecule has 0 aliphatic heterocycles. The van der Waals surface area contributed by atoms with Crippen LogP contribution in [-0.4, -0.2) is 46.2 Å². The van der Waals surface area contributed by atoms with E-state index < -0.39 is 17.9 Å². The van der Waals surface area contributed by atoms with Gasteiger partial charge < -0.3 is 19.4 Å². The molecule has 3 aromatic rings. The van der Waals surface area contributed by atoms with Crippen LogP contribution in [0.3, 0.4) is 0 Å². The molecule has 0 spiro atoms. The van der Waals surface area contributed by atoms with E-state index in [0.29, 0.717) is 37.1 Å². The van der Waals surface area contributed by atoms with E-state index in [1.807, 2.05) is 6.92 Å². The first kappa shape index (κ1) is 23.2. The lowest BCUT2D eigenvalue weighted by atomic mass is 10.0. The third-order valence-electron chi connectivity index (χ3n) is 4.72. The largest absolute Gasteiger partial charge is 0.493 e. The molecule has 0 saturated carbocycles. The summed E-state index contributed by atoms with van der Waals surface area (Å²) >= 11 is 0. The standard InChI is InChI=1S/C21H23F3N4O4/c1-3-7-14-16(10-9-15-18(14)32-26-19(15)21(22,23)24)31-13-6-11-27(2)20(29)25-17-8-4-5-12-28(17)30/h4-5,8-10,12,30H,3,6-7,11,13H2,1-2H3/b25-17+. The van der Waals surface area contributed by atoms with Crippen molar-refractivity contribution in [1.82, 2.24) is 14.8 Å². The van der Waals surface area contributed by atoms with Crippen molar-refractivity contribution in [1.29, 1.82) is 0 Å². The van der Waals surface area contributed by atoms with Gasteiger partial charge in [-0.1, -0.05) is 24.6 Å². The van der Waals surface area contributed by atoms with Crippen molar-refractivity contribution in [2.24, 2.45) is 4.99 Å². The summed E-state index contributed by atoms with van der Waals surface area (Å²) in [6.45, 7) is 2.45. The molecule has 11 heteroatoms. The lowest BCUT2D eigenvalue weighted by Gasteiger charge is -2.15. The van der Waals surface area contributed by atoms with Gasteiger partial charge in [0.2, 0.25) is 0 Å². The highest BCUT2D eigenvalue weighted by atomic mass is 19.4. The van der Waals surface area contributed by atoms with E-state index in [9.17, 15) is 23.2 Å². The molecule has 1 N–H and O–H groups in total. The average Bonchev–Trinajstić information content (AvgIpc) is 3.19. The molecule has 0 radical (unpaired) electrons. The zero-order valence-corrected chi connectivity index (χ0v) is 17.6. The number of carbonyl (C=O) groups is 1. The smallest absolute Gasteiger partial charge is 0.437 e. The Morgan fingerprint density at radius 3 is 2.78 bits per heavy atom. The van der Waals surface area contributed by atoms with Crippen molar-refractivity contribution in [2.75, 3.05) is 20.2 Å². The van der Waals surface area contributed by atoms with Gasteiger partial charge in [0.1, 0.15) is 5.75 Å². The highest BCUT2D eigenvalue weighted by molar-refractivity contribution is 5.85. The quantitative estimate of drug-likeness (QED) is 0.427. The second-order valence-electron chi connectivity index (χ2n) is 7.12. The molecule has 8 nitrogen and oxygen atoms in total. The second kappa shape index (κ2) is 9.75. The Kier molecular flexibility index (Phi) is 7.06. The van der Waals surface area contributed by atoms with Gasteiger partial charge >= 0.3 is 12.2 Å². The van der Waals surface area contributed by atoms with Crippen LogP contribution in [0.2, 0.25) is 0 Å². The summed E-state index contributed by atoms with van der Waals surface area (Å²) in [4.78, 5) is 17.4. The number of pyridine rings is 1. The number of rotatable bonds is 7. The van der Waals surface area contributed by atoms with Crippen molar-refractivity contribution in [2.45, 2.75) is 32.4 Å². The zero-order chi connectivity index (χ0) is 23.3. The summed E-state index contributed by atoms with van der Waals surface area (Å²) in [5.41, 5.74) is -0.349. The first-order chi connectivity index (χ1) is 15.2. The molecule has 0 unspecified atom stereocenters. The molecule has 1 aromatic carbocycles. The fraction of sp³-hybridized carbons (Fsp3) is 0.381. The normalized spacial score (nSPS) is 12.3. The Morgan fingerprint density at radius 1 is 1.31 bits per heavy atom. The Bertz CT molecular complexity index is 1150. The number of hydrogen-bond acceptors (Lipinski definition) is 5. The van der Waals surface area contributed by atoms with E-state index in [1.54, 1.807) is 19.2 Å². The maximum absolute atomic E-state index is 13.1. The SMILES string of the molecule is CCCc1c(OCCCN(C)C(=O)/N=c2\ccccn2O)ccc2c(C(F)(F)F)noc12. The van der Waals surface area contributed by atoms with Crippen LogP contribution in [0.5, 0.6) is 5.75 Å². The summed E-state index contributed by atoms with van der Waals surface area (Å²) in [6.07, 6.45) is -1.64. The molecule has 0 bridgehead atoms. The fourth-order valence-electron chi connectivity index (χ4n) is 3.14. The van der Waals surface area contributed by atoms with Gasteiger partial charge in [-0.25, -0.2) is 4.79 Å². The molecular weight excluding hydrogens is 429 g/mol. The minimum atomic E-state index is -4.60. The highest BCUT2D eigenvalue weighted by Crippen LogP contribution is 2.38. The lowest BCUT2D eigenvalue weighted by Crippen LogP contribution is -2.29. The average molecular weight is 452 g/mol. The topological polar surface area (TPSA) is 93.1 Å². The Hall–Kier alpha value is -3.50. The van der Waals surface area contributed by atoms with Crippen molar-refractivity contribution in [3.05, 3.63) is 53.3 Å². The fourth-order valence-corrected chi connectivity index (χ4v) is 3.14. The highest BCUT2D eigenvalue weighted by Gasteiger charge is 2.37. The van der Waals surface area contributed by atoms with Gasteiger partial charge in [0.05, 0.1) is 12.0 Å². The lowest BCUT2D eigenvalue weighted by molar-refractivity contribution is -0.141. The van der Waals surface area contributed by atoms with E-state index in [4.69, 9.17) is 9.26 Å². The second-order valence-corrected chi connectivity index (χ2v) is 7.12. The van der Waals surface area contributed by atoms with Crippen LogP contribution in [0.1, 0.15) is 31.0 Å². The van der Waals surface area contributed by atoms with E-state index in [2.05, 4.69) is 10.1 Å². The Morgan fingerprint density at radius 2 is 2.09 bits per heavy atom. The molecule has 0 saturated heterocycles. The number of carbonyl (C=O) groups excluding carboxylic acids is 1. The number of nitrogens with zero attached hydrogens (tertiary/aromatic N) is 4. The minimum absolute atomic E-state index is 0.0722. The number of ether oxygens (including phenoxy) is 1. The van der Waals surface area contributed by atoms with Gasteiger partial charge in [-0.2, -0.15) is 22.9 Å². The number of aromatic nitrogens is 2. The van der Waals surface area contributed by atoms with Gasteiger partial charge in [-0.05, 0) is 37.1 Å². The minimum Gasteiger partial charge on any atom is -0.493 e. The molecule has 3 rings (SSSR count). The molecule has 2 aromatic heterocycles. The number of hydrogen-bond donors (Lipinski definition) is 1. The van der Waals surface area contributed by atoms with Gasteiger partial charge in [-0.15, -0.1) is 0 Å². The van der Waals surface area contributed by atoms with Crippen LogP contribution < -0.4 is 10.2 Å². The van der Waals surface area contributed by atoms with E-state index in [1.165, 1.54) is 29.3 Å². The molecule has 2 amide bonds. The van der Waals surface area contributed by atoms with Crippen molar-refractivity contribution >= 4 is 17.0 Å². The zero-order valence-electron chi connectivity index (χ0n) is 17.6. The van der Waals surface area contributed by atoms with Crippen molar-refractivity contribution in [3.63, 3.8) is 0 Å². The number of benzene rings is 1. The number of urea groups is 1. The van der Waals surface area contributed by atoms with Crippen LogP contribution >= 0.6 is 0 Å². The molecule has 32 heavy (non-hydrogen) atoms. The molecular formula is C21H23F3N4O4. The molecule has 0 aliphatic rings. The van der Waals surface area contributed by atoms with Crippen molar-refractivity contribution < 1.29 is 32.4 Å². The summed E-state index contributed by atoms with van der Waals surface area (Å²) in [5, 5.41) is 12.7. The van der Waals surface area contributed by atoms with Crippen LogP contribution in [0.15, 0.2) is 46.0 Å². The molecule has 0 aliphatic carbocycles. The first-order valence-electron chi connectivity index (χ1n) is 10.0. The predicted molar refractivity (Wildman–Crippen MR) is 108 cm³/mol. The van der Waals surface area contributed by atoms with Gasteiger partial charge in [-0.3, -0.25) is 0 Å². The van der Waals surface area contributed by atoms with Crippen LogP contribution in [0, 0.1) is 0 Å². The maximum Gasteiger partial charge on any atom is 0.437 e. The molecule has 172 valence electrons. The van der Waals surface area contributed by atoms with Crippen molar-refractivity contribution in [3.8, 4) is 5.75 Å². The number of fused-ring (bicyclic) bond motifs is 1. The third kappa shape index (κ3) is 5.21. The first-order valence-corrected chi connectivity index (χ1v) is 10.0. The van der Waals surface area contributed by atoms with Gasteiger partial charge in [0.15, 0.2) is 16.8 Å². The number of alkyl halides is 3. The van der Waals surface area contributed by atoms with Gasteiger partial charge in [0, 0.05) is 25.4 Å². The number of aryl methyl sites for hydroxylation is 1. The summed E-state index contributed by atoms with van der Waals surface area (Å²) in [5.74, 6) is 0.425. The van der Waals surface area contributed by atoms with E-state index >= 15 is 0 Å². The molecule has 0 atom stereocenters. The molecule has 0 fully saturated rings. The van der Waals surface area contributed by atoms with Crippen LogP contribution in [0.25, 0.3) is 11.0 Å². The van der Waals surface area contributed by atoms with Crippen LogP contribution in [-0.2, 0) is 12.6 Å². The Labute approximate surface area is 181 Å². The monoisotopic (exact) mass is 452 g/mol. The predicted octanol–water partition coefficient (Wildman–Crippen LogP) is 4.26. The summed E-state index contributed by atoms with van der Waals surface area (Å²) in [7, 11) is 1.57. The third-order valence-corrected chi connectivity index (χ3v) is 4.72.